The second kappa shape index (κ2) is 24.9. The van der Waals surface area contributed by atoms with E-state index in [9.17, 15) is 24.3 Å². The quantitative estimate of drug-likeness (QED) is 0.0442. The molecule has 5 rings (SSSR count). The molecule has 63 heavy (non-hydrogen) atoms. The Kier molecular flexibility index (Phi) is 19.2. The highest BCUT2D eigenvalue weighted by Gasteiger charge is 2.25. The molecule has 2 atom stereocenters. The normalized spacial score (nSPS) is 14.1. The number of ether oxygens (including phenoxy) is 3. The lowest BCUT2D eigenvalue weighted by Crippen LogP contribution is -2.48. The van der Waals surface area contributed by atoms with Crippen molar-refractivity contribution in [3.8, 4) is 5.75 Å². The van der Waals surface area contributed by atoms with Gasteiger partial charge in [0.2, 0.25) is 17.8 Å². The molecule has 1 aliphatic heterocycles. The van der Waals surface area contributed by atoms with Crippen LogP contribution < -0.4 is 26.8 Å². The van der Waals surface area contributed by atoms with Crippen LogP contribution in [0.25, 0.3) is 11.0 Å². The Labute approximate surface area is 370 Å². The summed E-state index contributed by atoms with van der Waals surface area (Å²) in [7, 11) is 1.69. The van der Waals surface area contributed by atoms with E-state index in [0.29, 0.717) is 58.3 Å². The lowest BCUT2D eigenvalue weighted by molar-refractivity contribution is -0.139. The first-order valence-electron chi connectivity index (χ1n) is 21.1. The van der Waals surface area contributed by atoms with Crippen LogP contribution in [0.4, 0.5) is 11.8 Å². The molecule has 3 aromatic heterocycles. The van der Waals surface area contributed by atoms with Crippen LogP contribution in [0.1, 0.15) is 55.8 Å². The molecule has 0 spiro atoms. The number of nitrogen functional groups attached to an aromatic ring is 1. The number of nitrogens with one attached hydrogen (secondary N) is 2. The highest BCUT2D eigenvalue weighted by molar-refractivity contribution is 8.00. The summed E-state index contributed by atoms with van der Waals surface area (Å²) in [5.41, 5.74) is 15.8. The second-order valence-corrected chi connectivity index (χ2v) is 16.3. The largest absolute Gasteiger partial charge is 0.496 e. The Morgan fingerprint density at radius 3 is 2.48 bits per heavy atom. The fourth-order valence-electron chi connectivity index (χ4n) is 6.84. The molecule has 8 N–H and O–H groups in total. The summed E-state index contributed by atoms with van der Waals surface area (Å²) in [4.78, 5) is 60.7. The fourth-order valence-corrected chi connectivity index (χ4v) is 7.84. The average molecular weight is 897 g/mol. The van der Waals surface area contributed by atoms with Gasteiger partial charge in [0.25, 0.3) is 0 Å². The number of rotatable bonds is 28. The van der Waals surface area contributed by atoms with Gasteiger partial charge in [0.1, 0.15) is 28.3 Å². The number of hydrogen-bond donors (Lipinski definition) is 6. The van der Waals surface area contributed by atoms with Crippen LogP contribution in [-0.2, 0) is 54.8 Å². The van der Waals surface area contributed by atoms with Gasteiger partial charge in [-0.3, -0.25) is 24.1 Å². The number of piperazine rings is 1. The first kappa shape index (κ1) is 48.5. The molecule has 0 bridgehead atoms. The first-order valence-corrected chi connectivity index (χ1v) is 22.1. The van der Waals surface area contributed by atoms with E-state index in [-0.39, 0.29) is 37.0 Å². The first-order chi connectivity index (χ1) is 30.4. The zero-order valence-corrected chi connectivity index (χ0v) is 36.8. The summed E-state index contributed by atoms with van der Waals surface area (Å²) in [6.07, 6.45) is 6.91. The van der Waals surface area contributed by atoms with E-state index in [1.54, 1.807) is 18.0 Å². The Morgan fingerprint density at radius 1 is 0.968 bits per heavy atom. The Bertz CT molecular complexity index is 2110. The van der Waals surface area contributed by atoms with Crippen LogP contribution in [0.3, 0.4) is 0 Å². The second-order valence-electron chi connectivity index (χ2n) is 15.1. The third-order valence-electron chi connectivity index (χ3n) is 10.3. The monoisotopic (exact) mass is 896 g/mol. The van der Waals surface area contributed by atoms with E-state index in [0.717, 1.165) is 90.9 Å². The van der Waals surface area contributed by atoms with Crippen molar-refractivity contribution in [2.45, 2.75) is 76.5 Å². The number of fused-ring (bicyclic) bond motifs is 1. The van der Waals surface area contributed by atoms with E-state index in [2.05, 4.69) is 65.5 Å². The molecule has 22 heteroatoms. The number of hydrogen-bond acceptors (Lipinski definition) is 16. The number of thioether (sulfide) groups is 1. The molecule has 1 aliphatic rings. The van der Waals surface area contributed by atoms with Gasteiger partial charge >= 0.3 is 11.9 Å². The standard InChI is InChI=1S/C41H60N12O9S/c1-3-4-5-10-44-38-37-32(46-41(43)47-38)8-11-52(37)25-29-7-6-28(21-33(29)60-2)24-50-12-14-51(15-13-50)36(55)9-17-61-19-20-62-18-16-53-26-30(48-49-53)23-45-35(54)22-34(40(58)59)63-27-31(42)39(56)57/h6-8,11,21,26,31,34H,3-5,9-10,12-20,22-25,27,42H2,1-2H3,(H,45,54)(H,56,57)(H,58,59)(H3,43,44,46,47)/t31-,34-/m0/s1. The smallest absolute Gasteiger partial charge is 0.321 e. The van der Waals surface area contributed by atoms with Crippen LogP contribution in [0.5, 0.6) is 5.75 Å². The number of carboxylic acid groups (broad SMARTS) is 2. The number of nitrogens with zero attached hydrogens (tertiary/aromatic N) is 8. The lowest BCUT2D eigenvalue weighted by atomic mass is 10.1. The number of carbonyl (C=O) groups excluding carboxylic acids is 2. The van der Waals surface area contributed by atoms with Crippen LogP contribution >= 0.6 is 11.8 Å². The number of aromatic nitrogens is 6. The zero-order chi connectivity index (χ0) is 45.1. The molecular formula is C41H60N12O9S. The van der Waals surface area contributed by atoms with Crippen molar-refractivity contribution in [1.29, 1.82) is 0 Å². The van der Waals surface area contributed by atoms with Gasteiger partial charge in [-0.15, -0.1) is 16.9 Å². The van der Waals surface area contributed by atoms with Crippen molar-refractivity contribution in [1.82, 2.24) is 44.6 Å². The van der Waals surface area contributed by atoms with Gasteiger partial charge in [0, 0.05) is 63.2 Å². The van der Waals surface area contributed by atoms with Gasteiger partial charge in [-0.05, 0) is 24.1 Å². The number of amides is 2. The SMILES string of the molecule is CCCCCNc1nc(N)nc2ccn(Cc3ccc(CN4CCN(C(=O)CCOCCOCCn5cc(CNC(=O)C[C@H](SC[C@H](N)C(=O)O)C(=O)O)nn5)CC4)cc3OC)c12. The van der Waals surface area contributed by atoms with Crippen molar-refractivity contribution < 1.29 is 43.6 Å². The topological polar surface area (TPSA) is 280 Å². The van der Waals surface area contributed by atoms with E-state index >= 15 is 0 Å². The number of nitrogens with two attached hydrogens (primary N) is 2. The van der Waals surface area contributed by atoms with E-state index in [1.165, 1.54) is 0 Å². The molecule has 1 fully saturated rings. The molecule has 0 aliphatic carbocycles. The molecule has 0 unspecified atom stereocenters. The number of carbonyl (C=O) groups is 4. The molecule has 21 nitrogen and oxygen atoms in total. The van der Waals surface area contributed by atoms with Crippen molar-refractivity contribution in [3.63, 3.8) is 0 Å². The number of carboxylic acids is 2. The predicted octanol–water partition coefficient (Wildman–Crippen LogP) is 1.64. The van der Waals surface area contributed by atoms with Crippen molar-refractivity contribution in [3.05, 3.63) is 53.5 Å². The van der Waals surface area contributed by atoms with Crippen molar-refractivity contribution in [2.75, 3.05) is 83.1 Å². The third-order valence-corrected chi connectivity index (χ3v) is 11.6. The van der Waals surface area contributed by atoms with E-state index < -0.39 is 29.1 Å². The average Bonchev–Trinajstić information content (AvgIpc) is 3.90. The molecular weight excluding hydrogens is 837 g/mol. The minimum Gasteiger partial charge on any atom is -0.496 e. The maximum absolute atomic E-state index is 12.9. The summed E-state index contributed by atoms with van der Waals surface area (Å²) in [6.45, 7) is 8.88. The van der Waals surface area contributed by atoms with Crippen LogP contribution in [0.2, 0.25) is 0 Å². The van der Waals surface area contributed by atoms with Crippen LogP contribution in [0, 0.1) is 0 Å². The Hall–Kier alpha value is -5.55. The van der Waals surface area contributed by atoms with Gasteiger partial charge in [0.05, 0.1) is 71.3 Å². The number of methoxy groups -OCH3 is 1. The molecule has 4 heterocycles. The number of unbranched alkanes of at least 4 members (excludes halogenated alkanes) is 2. The van der Waals surface area contributed by atoms with Gasteiger partial charge in [-0.2, -0.15) is 4.98 Å². The summed E-state index contributed by atoms with van der Waals surface area (Å²) in [6, 6.07) is 7.06. The van der Waals surface area contributed by atoms with Gasteiger partial charge < -0.3 is 56.0 Å². The minimum absolute atomic E-state index is 0.0409. The van der Waals surface area contributed by atoms with Crippen LogP contribution in [-0.4, -0.2) is 157 Å². The van der Waals surface area contributed by atoms with Crippen molar-refractivity contribution in [2.24, 2.45) is 5.73 Å². The summed E-state index contributed by atoms with van der Waals surface area (Å²) < 4.78 is 20.8. The summed E-state index contributed by atoms with van der Waals surface area (Å²) in [5.74, 6) is -1.30. The van der Waals surface area contributed by atoms with Gasteiger partial charge in [-0.25, -0.2) is 9.67 Å². The van der Waals surface area contributed by atoms with Gasteiger partial charge in [-0.1, -0.05) is 37.1 Å². The number of benzene rings is 1. The third kappa shape index (κ3) is 15.3. The van der Waals surface area contributed by atoms with Gasteiger partial charge in [0.15, 0.2) is 5.82 Å². The van der Waals surface area contributed by atoms with E-state index in [1.807, 2.05) is 17.2 Å². The Morgan fingerprint density at radius 2 is 1.75 bits per heavy atom. The lowest BCUT2D eigenvalue weighted by Gasteiger charge is -2.35. The molecule has 4 aromatic rings. The molecule has 0 radical (unpaired) electrons. The zero-order valence-electron chi connectivity index (χ0n) is 35.9. The Balaban J connectivity index is 0.937. The maximum Gasteiger partial charge on any atom is 0.321 e. The number of aliphatic carboxylic acids is 2. The molecule has 1 saturated heterocycles. The molecule has 2 amide bonds. The maximum atomic E-state index is 12.9. The van der Waals surface area contributed by atoms with E-state index in [4.69, 9.17) is 30.8 Å². The minimum atomic E-state index is -1.25. The van der Waals surface area contributed by atoms with Crippen LogP contribution in [0.15, 0.2) is 36.7 Å². The fraction of sp³-hybridized carbons (Fsp3) is 0.561. The number of anilines is 2. The highest BCUT2D eigenvalue weighted by atomic mass is 32.2. The molecule has 0 saturated carbocycles. The molecule has 1 aromatic carbocycles. The highest BCUT2D eigenvalue weighted by Crippen LogP contribution is 2.28. The molecule has 344 valence electrons. The summed E-state index contributed by atoms with van der Waals surface area (Å²) in [5, 5.41) is 31.2. The van der Waals surface area contributed by atoms with Crippen molar-refractivity contribution >= 4 is 58.3 Å². The predicted molar refractivity (Wildman–Crippen MR) is 236 cm³/mol. The summed E-state index contributed by atoms with van der Waals surface area (Å²) >= 11 is 0.800.